The largest absolute Gasteiger partial charge is 0.375 e. The lowest BCUT2D eigenvalue weighted by atomic mass is 10.0. The van der Waals surface area contributed by atoms with Gasteiger partial charge in [0.2, 0.25) is 5.95 Å². The molecule has 1 N–H and O–H groups in total. The van der Waals surface area contributed by atoms with E-state index in [2.05, 4.69) is 46.0 Å². The molecule has 2 saturated heterocycles. The highest BCUT2D eigenvalue weighted by atomic mass is 16.5. The van der Waals surface area contributed by atoms with Crippen molar-refractivity contribution in [2.75, 3.05) is 36.0 Å². The van der Waals surface area contributed by atoms with Crippen LogP contribution >= 0.6 is 0 Å². The molecule has 2 atom stereocenters. The van der Waals surface area contributed by atoms with Crippen LogP contribution in [0, 0.1) is 0 Å². The number of hydrogen-bond donors (Lipinski definition) is 1. The smallest absolute Gasteiger partial charge is 0.254 e. The molecule has 0 spiro atoms. The zero-order valence-corrected chi connectivity index (χ0v) is 15.2. The summed E-state index contributed by atoms with van der Waals surface area (Å²) in [6.07, 6.45) is 3.38. The predicted octanol–water partition coefficient (Wildman–Crippen LogP) is 2.21. The van der Waals surface area contributed by atoms with Gasteiger partial charge in [0.25, 0.3) is 5.56 Å². The van der Waals surface area contributed by atoms with Crippen molar-refractivity contribution in [1.29, 1.82) is 0 Å². The Kier molecular flexibility index (Phi) is 4.93. The fourth-order valence-electron chi connectivity index (χ4n) is 3.97. The molecule has 6 nitrogen and oxygen atoms in total. The number of aromatic nitrogens is 2. The molecule has 2 aliphatic heterocycles. The number of aromatic amines is 1. The molecule has 3 heterocycles. The number of nitrogens with one attached hydrogen (secondary N) is 1. The van der Waals surface area contributed by atoms with E-state index in [1.807, 2.05) is 6.07 Å². The first-order valence-corrected chi connectivity index (χ1v) is 9.47. The Bertz CT molecular complexity index is 792. The summed E-state index contributed by atoms with van der Waals surface area (Å²) in [5, 5.41) is 0. The van der Waals surface area contributed by atoms with Crippen molar-refractivity contribution in [3.8, 4) is 0 Å². The van der Waals surface area contributed by atoms with Gasteiger partial charge in [0, 0.05) is 31.7 Å². The molecular weight excluding hydrogens is 328 g/mol. The number of rotatable bonds is 4. The molecule has 0 saturated carbocycles. The van der Waals surface area contributed by atoms with Crippen molar-refractivity contribution >= 4 is 11.8 Å². The van der Waals surface area contributed by atoms with E-state index in [4.69, 9.17) is 9.72 Å². The van der Waals surface area contributed by atoms with Crippen LogP contribution in [-0.4, -0.2) is 48.4 Å². The Balaban J connectivity index is 1.57. The Labute approximate surface area is 153 Å². The quantitative estimate of drug-likeness (QED) is 0.912. The van der Waals surface area contributed by atoms with Crippen LogP contribution in [0.5, 0.6) is 0 Å². The molecule has 2 unspecified atom stereocenters. The molecule has 0 radical (unpaired) electrons. The van der Waals surface area contributed by atoms with E-state index < -0.39 is 0 Å². The summed E-state index contributed by atoms with van der Waals surface area (Å²) >= 11 is 0. The minimum Gasteiger partial charge on any atom is -0.375 e. The molecule has 138 valence electrons. The van der Waals surface area contributed by atoms with E-state index in [0.717, 1.165) is 44.7 Å². The number of H-pyrrole nitrogens is 1. The highest BCUT2D eigenvalue weighted by Gasteiger charge is 2.28. The first kappa shape index (κ1) is 17.1. The maximum absolute atomic E-state index is 12.3. The average molecular weight is 354 g/mol. The van der Waals surface area contributed by atoms with Gasteiger partial charge in [0.05, 0.1) is 12.7 Å². The summed E-state index contributed by atoms with van der Waals surface area (Å²) in [5.74, 6) is 1.45. The van der Waals surface area contributed by atoms with E-state index in [0.29, 0.717) is 18.6 Å². The van der Waals surface area contributed by atoms with Gasteiger partial charge in [-0.1, -0.05) is 30.3 Å². The van der Waals surface area contributed by atoms with E-state index in [1.165, 1.54) is 5.56 Å². The van der Waals surface area contributed by atoms with Crippen molar-refractivity contribution < 1.29 is 4.74 Å². The number of hydrogen-bond acceptors (Lipinski definition) is 5. The standard InChI is InChI=1S/C20H26N4O2/c1-15-14-23(10-11-26-15)18-13-19(25)22-20(21-18)24-9-5-8-17(24)12-16-6-3-2-4-7-16/h2-4,6-7,13,15,17H,5,8-12,14H2,1H3,(H,21,22,25). The van der Waals surface area contributed by atoms with Crippen molar-refractivity contribution in [1.82, 2.24) is 9.97 Å². The Morgan fingerprint density at radius 2 is 2.12 bits per heavy atom. The van der Waals surface area contributed by atoms with Gasteiger partial charge in [0.15, 0.2) is 0 Å². The summed E-state index contributed by atoms with van der Waals surface area (Å²) < 4.78 is 5.61. The highest BCUT2D eigenvalue weighted by molar-refractivity contribution is 5.45. The molecule has 0 bridgehead atoms. The van der Waals surface area contributed by atoms with Gasteiger partial charge in [-0.3, -0.25) is 9.78 Å². The number of anilines is 2. The summed E-state index contributed by atoms with van der Waals surface area (Å²) in [7, 11) is 0. The number of ether oxygens (including phenoxy) is 1. The third-order valence-electron chi connectivity index (χ3n) is 5.24. The molecule has 6 heteroatoms. The highest BCUT2D eigenvalue weighted by Crippen LogP contribution is 2.26. The zero-order chi connectivity index (χ0) is 17.9. The van der Waals surface area contributed by atoms with Crippen molar-refractivity contribution in [3.05, 3.63) is 52.3 Å². The number of benzene rings is 1. The second-order valence-corrected chi connectivity index (χ2v) is 7.23. The van der Waals surface area contributed by atoms with Gasteiger partial charge in [-0.15, -0.1) is 0 Å². The molecule has 0 amide bonds. The van der Waals surface area contributed by atoms with Crippen LogP contribution in [0.4, 0.5) is 11.8 Å². The monoisotopic (exact) mass is 354 g/mol. The van der Waals surface area contributed by atoms with Crippen LogP contribution in [0.25, 0.3) is 0 Å². The first-order valence-electron chi connectivity index (χ1n) is 9.47. The molecule has 1 aromatic heterocycles. The normalized spacial score (nSPS) is 23.4. The summed E-state index contributed by atoms with van der Waals surface area (Å²) in [6.45, 7) is 5.20. The van der Waals surface area contributed by atoms with Crippen LogP contribution in [0.15, 0.2) is 41.2 Å². The number of nitrogens with zero attached hydrogens (tertiary/aromatic N) is 3. The second-order valence-electron chi connectivity index (χ2n) is 7.23. The van der Waals surface area contributed by atoms with Crippen LogP contribution in [0.3, 0.4) is 0 Å². The van der Waals surface area contributed by atoms with Crippen LogP contribution in [-0.2, 0) is 11.2 Å². The molecule has 2 aromatic rings. The molecule has 0 aliphatic carbocycles. The second kappa shape index (κ2) is 7.50. The van der Waals surface area contributed by atoms with Crippen molar-refractivity contribution in [2.24, 2.45) is 0 Å². The summed E-state index contributed by atoms with van der Waals surface area (Å²) in [5.41, 5.74) is 1.24. The van der Waals surface area contributed by atoms with Gasteiger partial charge < -0.3 is 14.5 Å². The minimum absolute atomic E-state index is 0.0884. The Hall–Kier alpha value is -2.34. The fourth-order valence-corrected chi connectivity index (χ4v) is 3.97. The maximum Gasteiger partial charge on any atom is 0.254 e. The van der Waals surface area contributed by atoms with E-state index in [-0.39, 0.29) is 11.7 Å². The van der Waals surface area contributed by atoms with Crippen LogP contribution < -0.4 is 15.4 Å². The lowest BCUT2D eigenvalue weighted by Gasteiger charge is -2.33. The zero-order valence-electron chi connectivity index (χ0n) is 15.2. The van der Waals surface area contributed by atoms with Crippen LogP contribution in [0.1, 0.15) is 25.3 Å². The maximum atomic E-state index is 12.3. The topological polar surface area (TPSA) is 61.5 Å². The van der Waals surface area contributed by atoms with Gasteiger partial charge in [-0.05, 0) is 31.7 Å². The minimum atomic E-state index is -0.0884. The van der Waals surface area contributed by atoms with Gasteiger partial charge >= 0.3 is 0 Å². The summed E-state index contributed by atoms with van der Waals surface area (Å²) in [6, 6.07) is 12.5. The molecule has 4 rings (SSSR count). The van der Waals surface area contributed by atoms with E-state index in [9.17, 15) is 4.79 Å². The average Bonchev–Trinajstić information content (AvgIpc) is 3.10. The van der Waals surface area contributed by atoms with Crippen molar-refractivity contribution in [2.45, 2.75) is 38.3 Å². The molecular formula is C20H26N4O2. The Morgan fingerprint density at radius 3 is 2.92 bits per heavy atom. The third-order valence-corrected chi connectivity index (χ3v) is 5.24. The summed E-state index contributed by atoms with van der Waals surface area (Å²) in [4.78, 5) is 24.5. The predicted molar refractivity (Wildman–Crippen MR) is 103 cm³/mol. The lowest BCUT2D eigenvalue weighted by Crippen LogP contribution is -2.42. The van der Waals surface area contributed by atoms with Crippen LogP contribution in [0.2, 0.25) is 0 Å². The third kappa shape index (κ3) is 3.75. The van der Waals surface area contributed by atoms with E-state index >= 15 is 0 Å². The number of morpholine rings is 1. The molecule has 26 heavy (non-hydrogen) atoms. The molecule has 2 aliphatic rings. The Morgan fingerprint density at radius 1 is 1.27 bits per heavy atom. The van der Waals surface area contributed by atoms with Gasteiger partial charge in [0.1, 0.15) is 5.82 Å². The van der Waals surface area contributed by atoms with E-state index in [1.54, 1.807) is 6.07 Å². The lowest BCUT2D eigenvalue weighted by molar-refractivity contribution is 0.0529. The SMILES string of the molecule is CC1CN(c2cc(=O)[nH]c(N3CCCC3Cc3ccccc3)n2)CCO1. The first-order chi connectivity index (χ1) is 12.7. The molecule has 1 aromatic carbocycles. The van der Waals surface area contributed by atoms with Gasteiger partial charge in [-0.2, -0.15) is 4.98 Å². The molecule has 2 fully saturated rings. The van der Waals surface area contributed by atoms with Gasteiger partial charge in [-0.25, -0.2) is 0 Å². The van der Waals surface area contributed by atoms with Crippen molar-refractivity contribution in [3.63, 3.8) is 0 Å². The fraction of sp³-hybridized carbons (Fsp3) is 0.500.